The van der Waals surface area contributed by atoms with E-state index in [0.717, 1.165) is 42.6 Å². The van der Waals surface area contributed by atoms with Crippen LogP contribution in [0.4, 0.5) is 5.82 Å². The van der Waals surface area contributed by atoms with Gasteiger partial charge in [0.05, 0.1) is 12.1 Å². The van der Waals surface area contributed by atoms with Crippen molar-refractivity contribution in [3.05, 3.63) is 29.8 Å². The summed E-state index contributed by atoms with van der Waals surface area (Å²) in [5.41, 5.74) is 1.06. The Bertz CT molecular complexity index is 679. The molecule has 0 amide bonds. The summed E-state index contributed by atoms with van der Waals surface area (Å²) in [4.78, 5) is 18.2. The van der Waals surface area contributed by atoms with Gasteiger partial charge in [-0.2, -0.15) is 0 Å². The van der Waals surface area contributed by atoms with Gasteiger partial charge >= 0.3 is 5.97 Å². The molecule has 1 fully saturated rings. The van der Waals surface area contributed by atoms with Gasteiger partial charge < -0.3 is 14.7 Å². The van der Waals surface area contributed by atoms with E-state index < -0.39 is 5.97 Å². The molecule has 0 radical (unpaired) electrons. The summed E-state index contributed by atoms with van der Waals surface area (Å²) in [5.74, 6) is 0.377. The number of fused-ring (bicyclic) bond motifs is 1. The van der Waals surface area contributed by atoms with Gasteiger partial charge in [0.2, 0.25) is 0 Å². The highest BCUT2D eigenvalue weighted by atomic mass is 16.5. The molecule has 110 valence electrons. The van der Waals surface area contributed by atoms with Gasteiger partial charge in [-0.05, 0) is 44.0 Å². The van der Waals surface area contributed by atoms with Crippen LogP contribution in [0.15, 0.2) is 24.3 Å². The van der Waals surface area contributed by atoms with Gasteiger partial charge in [0.1, 0.15) is 17.1 Å². The Labute approximate surface area is 123 Å². The van der Waals surface area contributed by atoms with Crippen LogP contribution in [0.3, 0.4) is 0 Å². The summed E-state index contributed by atoms with van der Waals surface area (Å²) in [5, 5.41) is 10.3. The van der Waals surface area contributed by atoms with Gasteiger partial charge in [0.25, 0.3) is 0 Å². The SMILES string of the molecule is CCOc1ccc2nc(N3CCCC3)c(C(=O)O)cc2c1. The normalized spacial score (nSPS) is 14.6. The topological polar surface area (TPSA) is 62.7 Å². The first-order chi connectivity index (χ1) is 10.2. The molecule has 3 rings (SSSR count). The Morgan fingerprint density at radius 1 is 1.33 bits per heavy atom. The average Bonchev–Trinajstić information content (AvgIpc) is 3.00. The van der Waals surface area contributed by atoms with Crippen molar-refractivity contribution < 1.29 is 14.6 Å². The lowest BCUT2D eigenvalue weighted by Gasteiger charge is -2.19. The van der Waals surface area contributed by atoms with Crippen molar-refractivity contribution in [2.24, 2.45) is 0 Å². The minimum Gasteiger partial charge on any atom is -0.494 e. The summed E-state index contributed by atoms with van der Waals surface area (Å²) in [6, 6.07) is 7.28. The van der Waals surface area contributed by atoms with Crippen LogP contribution in [0.1, 0.15) is 30.1 Å². The van der Waals surface area contributed by atoms with Crippen LogP contribution in [0, 0.1) is 0 Å². The van der Waals surface area contributed by atoms with Gasteiger partial charge in [-0.25, -0.2) is 9.78 Å². The minimum atomic E-state index is -0.937. The van der Waals surface area contributed by atoms with Crippen molar-refractivity contribution in [1.29, 1.82) is 0 Å². The highest BCUT2D eigenvalue weighted by Gasteiger charge is 2.21. The van der Waals surface area contributed by atoms with Crippen molar-refractivity contribution in [1.82, 2.24) is 4.98 Å². The molecule has 0 aliphatic carbocycles. The van der Waals surface area contributed by atoms with Crippen LogP contribution in [-0.4, -0.2) is 35.8 Å². The van der Waals surface area contributed by atoms with Crippen molar-refractivity contribution in [2.75, 3.05) is 24.6 Å². The monoisotopic (exact) mass is 286 g/mol. The third-order valence-electron chi connectivity index (χ3n) is 3.71. The molecule has 0 saturated carbocycles. The van der Waals surface area contributed by atoms with E-state index in [2.05, 4.69) is 9.88 Å². The fraction of sp³-hybridized carbons (Fsp3) is 0.375. The van der Waals surface area contributed by atoms with Crippen LogP contribution in [0.5, 0.6) is 5.75 Å². The molecule has 2 heterocycles. The predicted octanol–water partition coefficient (Wildman–Crippen LogP) is 2.93. The number of benzene rings is 1. The maximum atomic E-state index is 11.5. The van der Waals surface area contributed by atoms with E-state index in [1.54, 1.807) is 6.07 Å². The summed E-state index contributed by atoms with van der Waals surface area (Å²) >= 11 is 0. The van der Waals surface area contributed by atoms with Crippen molar-refractivity contribution >= 4 is 22.7 Å². The zero-order chi connectivity index (χ0) is 14.8. The number of carbonyl (C=O) groups is 1. The number of hydrogen-bond acceptors (Lipinski definition) is 4. The number of aromatic carboxylic acids is 1. The smallest absolute Gasteiger partial charge is 0.339 e. The van der Waals surface area contributed by atoms with E-state index in [1.807, 2.05) is 25.1 Å². The summed E-state index contributed by atoms with van der Waals surface area (Å²) in [6.07, 6.45) is 2.17. The van der Waals surface area contributed by atoms with E-state index >= 15 is 0 Å². The molecule has 0 spiro atoms. The number of aromatic nitrogens is 1. The number of carboxylic acids is 1. The lowest BCUT2D eigenvalue weighted by Crippen LogP contribution is -2.22. The fourth-order valence-electron chi connectivity index (χ4n) is 2.73. The molecule has 2 aromatic rings. The first-order valence-corrected chi connectivity index (χ1v) is 7.25. The molecular formula is C16H18N2O3. The number of rotatable bonds is 4. The maximum Gasteiger partial charge on any atom is 0.339 e. The Balaban J connectivity index is 2.11. The van der Waals surface area contributed by atoms with E-state index in [0.29, 0.717) is 12.4 Å². The van der Waals surface area contributed by atoms with Gasteiger partial charge in [0.15, 0.2) is 0 Å². The number of nitrogens with zero attached hydrogens (tertiary/aromatic N) is 2. The molecule has 21 heavy (non-hydrogen) atoms. The number of ether oxygens (including phenoxy) is 1. The molecule has 1 aliphatic rings. The third-order valence-corrected chi connectivity index (χ3v) is 3.71. The molecule has 5 nitrogen and oxygen atoms in total. The molecular weight excluding hydrogens is 268 g/mol. The molecule has 0 bridgehead atoms. The third kappa shape index (κ3) is 2.63. The van der Waals surface area contributed by atoms with Crippen LogP contribution < -0.4 is 9.64 Å². The molecule has 0 unspecified atom stereocenters. The largest absolute Gasteiger partial charge is 0.494 e. The second-order valence-electron chi connectivity index (χ2n) is 5.15. The number of anilines is 1. The molecule has 1 aliphatic heterocycles. The van der Waals surface area contributed by atoms with E-state index in [9.17, 15) is 9.90 Å². The zero-order valence-electron chi connectivity index (χ0n) is 12.0. The van der Waals surface area contributed by atoms with Crippen molar-refractivity contribution in [3.8, 4) is 5.75 Å². The fourth-order valence-corrected chi connectivity index (χ4v) is 2.73. The number of carboxylic acid groups (broad SMARTS) is 1. The first kappa shape index (κ1) is 13.7. The van der Waals surface area contributed by atoms with Crippen LogP contribution in [-0.2, 0) is 0 Å². The summed E-state index contributed by atoms with van der Waals surface area (Å²) in [7, 11) is 0. The average molecular weight is 286 g/mol. The molecule has 5 heteroatoms. The minimum absolute atomic E-state index is 0.262. The van der Waals surface area contributed by atoms with E-state index in [1.165, 1.54) is 0 Å². The first-order valence-electron chi connectivity index (χ1n) is 7.25. The zero-order valence-corrected chi connectivity index (χ0v) is 12.0. The van der Waals surface area contributed by atoms with Crippen molar-refractivity contribution in [2.45, 2.75) is 19.8 Å². The molecule has 1 saturated heterocycles. The van der Waals surface area contributed by atoms with Crippen LogP contribution in [0.2, 0.25) is 0 Å². The van der Waals surface area contributed by atoms with E-state index in [4.69, 9.17) is 4.74 Å². The Hall–Kier alpha value is -2.30. The van der Waals surface area contributed by atoms with Crippen molar-refractivity contribution in [3.63, 3.8) is 0 Å². The van der Waals surface area contributed by atoms with Gasteiger partial charge in [0, 0.05) is 18.5 Å². The Morgan fingerprint density at radius 2 is 2.10 bits per heavy atom. The van der Waals surface area contributed by atoms with Gasteiger partial charge in [-0.1, -0.05) is 0 Å². The van der Waals surface area contributed by atoms with E-state index in [-0.39, 0.29) is 5.56 Å². The Morgan fingerprint density at radius 3 is 2.76 bits per heavy atom. The Kier molecular flexibility index (Phi) is 3.64. The molecule has 1 N–H and O–H groups in total. The second-order valence-corrected chi connectivity index (χ2v) is 5.15. The van der Waals surface area contributed by atoms with Gasteiger partial charge in [-0.15, -0.1) is 0 Å². The second kappa shape index (κ2) is 5.60. The van der Waals surface area contributed by atoms with Crippen LogP contribution in [0.25, 0.3) is 10.9 Å². The predicted molar refractivity (Wildman–Crippen MR) is 81.3 cm³/mol. The summed E-state index contributed by atoms with van der Waals surface area (Å²) in [6.45, 7) is 4.24. The molecule has 0 atom stereocenters. The highest BCUT2D eigenvalue weighted by Crippen LogP contribution is 2.28. The quantitative estimate of drug-likeness (QED) is 0.936. The van der Waals surface area contributed by atoms with Crippen LogP contribution >= 0.6 is 0 Å². The standard InChI is InChI=1S/C16H18N2O3/c1-2-21-12-5-6-14-11(9-12)10-13(16(19)20)15(17-14)18-7-3-4-8-18/h5-6,9-10H,2-4,7-8H2,1H3,(H,19,20). The summed E-state index contributed by atoms with van der Waals surface area (Å²) < 4.78 is 5.46. The maximum absolute atomic E-state index is 11.5. The highest BCUT2D eigenvalue weighted by molar-refractivity contribution is 5.98. The lowest BCUT2D eigenvalue weighted by molar-refractivity contribution is 0.0697. The number of pyridine rings is 1. The molecule has 1 aromatic carbocycles. The number of hydrogen-bond donors (Lipinski definition) is 1. The van der Waals surface area contributed by atoms with Gasteiger partial charge in [-0.3, -0.25) is 0 Å². The molecule has 1 aromatic heterocycles. The lowest BCUT2D eigenvalue weighted by atomic mass is 10.1.